The highest BCUT2D eigenvalue weighted by molar-refractivity contribution is 5.23. The van der Waals surface area contributed by atoms with Crippen molar-refractivity contribution in [3.05, 3.63) is 35.4 Å². The average molecular weight is 201 g/mol. The summed E-state index contributed by atoms with van der Waals surface area (Å²) in [4.78, 5) is 0. The quantitative estimate of drug-likeness (QED) is 0.810. The number of aryl methyl sites for hydroxylation is 1. The second-order valence-electron chi connectivity index (χ2n) is 3.11. The Bertz CT molecular complexity index is 274. The molecule has 0 aliphatic heterocycles. The van der Waals surface area contributed by atoms with E-state index >= 15 is 0 Å². The molecule has 0 spiro atoms. The van der Waals surface area contributed by atoms with Gasteiger partial charge in [0.1, 0.15) is 0 Å². The number of nitrogens with two attached hydrogens (primary N) is 1. The molecule has 0 aliphatic rings. The first-order chi connectivity index (χ1) is 6.59. The van der Waals surface area contributed by atoms with E-state index in [1.54, 1.807) is 0 Å². The molecule has 0 amide bonds. The molecule has 0 heterocycles. The average Bonchev–Trinajstić information content (AvgIpc) is 2.15. The Morgan fingerprint density at radius 1 is 1.29 bits per heavy atom. The van der Waals surface area contributed by atoms with E-state index in [1.807, 2.05) is 31.2 Å². The number of ether oxygens (including phenoxy) is 1. The second-order valence-corrected chi connectivity index (χ2v) is 3.11. The van der Waals surface area contributed by atoms with Gasteiger partial charge in [0.2, 0.25) is 0 Å². The normalized spacial score (nSPS) is 13.2. The Hall–Kier alpha value is -1.00. The Labute approximate surface area is 81.7 Å². The largest absolute Gasteiger partial charge is 0.345 e. The van der Waals surface area contributed by atoms with Crippen LogP contribution in [0.5, 0.6) is 0 Å². The van der Waals surface area contributed by atoms with Crippen LogP contribution >= 0.6 is 0 Å². The number of benzene rings is 1. The highest BCUT2D eigenvalue weighted by Gasteiger charge is 2.09. The molecule has 2 N–H and O–H groups in total. The van der Waals surface area contributed by atoms with Crippen LogP contribution in [0.2, 0.25) is 0 Å². The Morgan fingerprint density at radius 2 is 1.86 bits per heavy atom. The molecule has 1 unspecified atom stereocenters. The molecule has 14 heavy (non-hydrogen) atoms. The summed E-state index contributed by atoms with van der Waals surface area (Å²) in [6.45, 7) is -0.974. The van der Waals surface area contributed by atoms with Crippen LogP contribution in [-0.4, -0.2) is 13.2 Å². The van der Waals surface area contributed by atoms with E-state index in [2.05, 4.69) is 4.74 Å². The summed E-state index contributed by atoms with van der Waals surface area (Å²) in [6, 6.07) is 6.91. The summed E-state index contributed by atoms with van der Waals surface area (Å²) in [5.41, 5.74) is 7.54. The first kappa shape index (κ1) is 11.1. The van der Waals surface area contributed by atoms with E-state index in [-0.39, 0.29) is 6.61 Å². The van der Waals surface area contributed by atoms with Gasteiger partial charge in [-0.15, -0.1) is 0 Å². The topological polar surface area (TPSA) is 35.2 Å². The molecule has 0 aliphatic carbocycles. The predicted molar refractivity (Wildman–Crippen MR) is 50.1 cm³/mol. The van der Waals surface area contributed by atoms with Crippen LogP contribution in [0.3, 0.4) is 0 Å². The zero-order valence-corrected chi connectivity index (χ0v) is 7.91. The number of hydrogen-bond acceptors (Lipinski definition) is 2. The molecule has 4 heteroatoms. The summed E-state index contributed by atoms with van der Waals surface area (Å²) in [5, 5.41) is 0. The molecular weight excluding hydrogens is 188 g/mol. The monoisotopic (exact) mass is 201 g/mol. The molecule has 0 bridgehead atoms. The number of hydrogen-bond donors (Lipinski definition) is 1. The van der Waals surface area contributed by atoms with Gasteiger partial charge in [-0.05, 0) is 12.5 Å². The fourth-order valence-corrected chi connectivity index (χ4v) is 1.09. The third kappa shape index (κ3) is 3.40. The number of rotatable bonds is 4. The molecule has 0 radical (unpaired) electrons. The van der Waals surface area contributed by atoms with Crippen molar-refractivity contribution in [3.63, 3.8) is 0 Å². The van der Waals surface area contributed by atoms with Gasteiger partial charge in [0.05, 0.1) is 12.6 Å². The second kappa shape index (κ2) is 5.02. The highest BCUT2D eigenvalue weighted by atomic mass is 19.3. The van der Waals surface area contributed by atoms with E-state index in [4.69, 9.17) is 5.73 Å². The third-order valence-electron chi connectivity index (χ3n) is 1.91. The number of alkyl halides is 2. The molecule has 0 fully saturated rings. The van der Waals surface area contributed by atoms with Crippen LogP contribution < -0.4 is 5.73 Å². The zero-order valence-electron chi connectivity index (χ0n) is 7.91. The van der Waals surface area contributed by atoms with Gasteiger partial charge in [0.15, 0.2) is 0 Å². The first-order valence-corrected chi connectivity index (χ1v) is 4.31. The molecule has 0 saturated carbocycles. The minimum Gasteiger partial charge on any atom is -0.322 e. The van der Waals surface area contributed by atoms with Crippen molar-refractivity contribution in [2.45, 2.75) is 19.6 Å². The fraction of sp³-hybridized carbons (Fsp3) is 0.400. The lowest BCUT2D eigenvalue weighted by molar-refractivity contribution is -0.132. The van der Waals surface area contributed by atoms with Gasteiger partial charge in [0.25, 0.3) is 0 Å². The standard InChI is InChI=1S/C10H13F2NO/c1-7-2-4-8(5-3-7)9(13)6-14-10(11)12/h2-5,9-10H,6,13H2,1H3. The Morgan fingerprint density at radius 3 is 2.36 bits per heavy atom. The van der Waals surface area contributed by atoms with Crippen molar-refractivity contribution in [1.82, 2.24) is 0 Å². The van der Waals surface area contributed by atoms with Crippen LogP contribution in [0, 0.1) is 6.92 Å². The van der Waals surface area contributed by atoms with Crippen molar-refractivity contribution in [1.29, 1.82) is 0 Å². The molecule has 0 saturated heterocycles. The van der Waals surface area contributed by atoms with Crippen molar-refractivity contribution in [2.75, 3.05) is 6.61 Å². The summed E-state index contributed by atoms with van der Waals surface area (Å²) in [6.07, 6.45) is 0. The van der Waals surface area contributed by atoms with Gasteiger partial charge in [-0.2, -0.15) is 8.78 Å². The SMILES string of the molecule is Cc1ccc(C(N)COC(F)F)cc1. The van der Waals surface area contributed by atoms with Crippen molar-refractivity contribution in [3.8, 4) is 0 Å². The lowest BCUT2D eigenvalue weighted by Crippen LogP contribution is -2.18. The summed E-state index contributed by atoms with van der Waals surface area (Å²) in [5.74, 6) is 0. The van der Waals surface area contributed by atoms with E-state index < -0.39 is 12.7 Å². The van der Waals surface area contributed by atoms with E-state index in [0.717, 1.165) is 11.1 Å². The van der Waals surface area contributed by atoms with Crippen LogP contribution in [-0.2, 0) is 4.74 Å². The number of halogens is 2. The minimum absolute atomic E-state index is 0.166. The smallest absolute Gasteiger partial charge is 0.322 e. The van der Waals surface area contributed by atoms with E-state index in [0.29, 0.717) is 0 Å². The first-order valence-electron chi connectivity index (χ1n) is 4.31. The Balaban J connectivity index is 2.52. The van der Waals surface area contributed by atoms with Crippen LogP contribution in [0.4, 0.5) is 8.78 Å². The van der Waals surface area contributed by atoms with Crippen molar-refractivity contribution < 1.29 is 13.5 Å². The lowest BCUT2D eigenvalue weighted by atomic mass is 10.1. The molecule has 1 aromatic carbocycles. The fourth-order valence-electron chi connectivity index (χ4n) is 1.09. The molecule has 1 atom stereocenters. The van der Waals surface area contributed by atoms with Gasteiger partial charge in [0, 0.05) is 0 Å². The van der Waals surface area contributed by atoms with Crippen molar-refractivity contribution >= 4 is 0 Å². The maximum atomic E-state index is 11.7. The van der Waals surface area contributed by atoms with Crippen LogP contribution in [0.25, 0.3) is 0 Å². The minimum atomic E-state index is -2.76. The summed E-state index contributed by atoms with van der Waals surface area (Å²) >= 11 is 0. The van der Waals surface area contributed by atoms with Gasteiger partial charge in [-0.1, -0.05) is 29.8 Å². The maximum absolute atomic E-state index is 11.7. The molecule has 78 valence electrons. The molecule has 2 nitrogen and oxygen atoms in total. The van der Waals surface area contributed by atoms with Gasteiger partial charge < -0.3 is 10.5 Å². The van der Waals surface area contributed by atoms with Crippen molar-refractivity contribution in [2.24, 2.45) is 5.73 Å². The maximum Gasteiger partial charge on any atom is 0.345 e. The zero-order chi connectivity index (χ0) is 10.6. The van der Waals surface area contributed by atoms with Crippen LogP contribution in [0.15, 0.2) is 24.3 Å². The molecule has 0 aromatic heterocycles. The Kier molecular flexibility index (Phi) is 3.98. The van der Waals surface area contributed by atoms with Crippen LogP contribution in [0.1, 0.15) is 17.2 Å². The molecule has 1 aromatic rings. The van der Waals surface area contributed by atoms with E-state index in [1.165, 1.54) is 0 Å². The third-order valence-corrected chi connectivity index (χ3v) is 1.91. The van der Waals surface area contributed by atoms with Gasteiger partial charge in [-0.3, -0.25) is 0 Å². The highest BCUT2D eigenvalue weighted by Crippen LogP contribution is 2.12. The van der Waals surface area contributed by atoms with E-state index in [9.17, 15) is 8.78 Å². The lowest BCUT2D eigenvalue weighted by Gasteiger charge is -2.12. The summed E-state index contributed by atoms with van der Waals surface area (Å²) < 4.78 is 27.5. The van der Waals surface area contributed by atoms with Gasteiger partial charge in [-0.25, -0.2) is 0 Å². The molecule has 1 rings (SSSR count). The van der Waals surface area contributed by atoms with Gasteiger partial charge >= 0.3 is 6.61 Å². The summed E-state index contributed by atoms with van der Waals surface area (Å²) in [7, 11) is 0. The predicted octanol–water partition coefficient (Wildman–Crippen LogP) is 2.23. The molecular formula is C10H13F2NO.